The van der Waals surface area contributed by atoms with Gasteiger partial charge in [-0.15, -0.1) is 0 Å². The van der Waals surface area contributed by atoms with Crippen LogP contribution in [0.2, 0.25) is 0 Å². The number of carbonyl (C=O) groups excluding carboxylic acids is 7. The van der Waals surface area contributed by atoms with Crippen molar-refractivity contribution in [2.75, 3.05) is 13.1 Å². The van der Waals surface area contributed by atoms with E-state index in [4.69, 9.17) is 0 Å². The number of nitrogens with one attached hydrogen (secondary N) is 5. The average molecular weight is 1040 g/mol. The maximum atomic E-state index is 14.4. The van der Waals surface area contributed by atoms with E-state index in [1.165, 1.54) is 43.3 Å². The summed E-state index contributed by atoms with van der Waals surface area (Å²) < 4.78 is 0. The smallest absolute Gasteiger partial charge is 0.251 e. The number of phenolic OH excluding ortho intramolecular Hbond substituents is 1. The Bertz CT molecular complexity index is 2590. The van der Waals surface area contributed by atoms with Gasteiger partial charge in [0.05, 0.1) is 30.5 Å². The SMILES string of the molecule is CCCCC#Cc1ccc(-c2ccc(C(=O)NC3CC(O)C(O)NC(=O)C4C(O)C(C)CN4C(=O)C(C(C)O)NC(=O)C(C(O)Cc4ccc(O)cc4)NC(=O)C4CC(O)CN4C(=O)C(C(C)O)NC3=O)cc2)cc1. The highest BCUT2D eigenvalue weighted by molar-refractivity contribution is 6.00. The van der Waals surface area contributed by atoms with Crippen LogP contribution < -0.4 is 26.6 Å². The first kappa shape index (κ1) is 57.3. The van der Waals surface area contributed by atoms with Gasteiger partial charge in [0.25, 0.3) is 5.91 Å². The number of amides is 7. The molecule has 0 spiro atoms. The second kappa shape index (κ2) is 25.5. The highest BCUT2D eigenvalue weighted by atomic mass is 16.3. The maximum Gasteiger partial charge on any atom is 0.251 e. The number of aliphatic hydroxyl groups is 7. The van der Waals surface area contributed by atoms with Crippen LogP contribution in [0.3, 0.4) is 0 Å². The summed E-state index contributed by atoms with van der Waals surface area (Å²) in [6.45, 7) is 4.98. The molecule has 75 heavy (non-hydrogen) atoms. The first-order valence-electron chi connectivity index (χ1n) is 24.9. The average Bonchev–Trinajstić information content (AvgIpc) is 3.92. The van der Waals surface area contributed by atoms with Gasteiger partial charge in [-0.3, -0.25) is 33.6 Å². The number of unbranched alkanes of at least 4 members (excludes halogenated alkanes) is 2. The van der Waals surface area contributed by atoms with Gasteiger partial charge in [0.1, 0.15) is 48.1 Å². The lowest BCUT2D eigenvalue weighted by Gasteiger charge is -2.33. The van der Waals surface area contributed by atoms with Gasteiger partial charge in [0, 0.05) is 55.8 Å². The van der Waals surface area contributed by atoms with Crippen LogP contribution in [0.25, 0.3) is 11.1 Å². The second-order valence-corrected chi connectivity index (χ2v) is 19.5. The quantitative estimate of drug-likeness (QED) is 0.0764. The van der Waals surface area contributed by atoms with Crippen LogP contribution in [-0.2, 0) is 35.2 Å². The predicted molar refractivity (Wildman–Crippen MR) is 268 cm³/mol. The number of hydrogen-bond donors (Lipinski definition) is 13. The highest BCUT2D eigenvalue weighted by Crippen LogP contribution is 2.27. The molecule has 3 heterocycles. The largest absolute Gasteiger partial charge is 0.508 e. The van der Waals surface area contributed by atoms with Gasteiger partial charge >= 0.3 is 0 Å². The molecule has 6 rings (SSSR count). The summed E-state index contributed by atoms with van der Waals surface area (Å²) in [5.41, 5.74) is 2.77. The molecule has 0 aromatic heterocycles. The number of nitrogens with zero attached hydrogens (tertiary/aromatic N) is 2. The van der Waals surface area contributed by atoms with E-state index in [1.54, 1.807) is 12.1 Å². The third kappa shape index (κ3) is 14.3. The number of fused-ring (bicyclic) bond motifs is 2. The Balaban J connectivity index is 1.34. The summed E-state index contributed by atoms with van der Waals surface area (Å²) in [5.74, 6) is -2.54. The zero-order valence-electron chi connectivity index (χ0n) is 42.0. The Labute approximate surface area is 433 Å². The first-order chi connectivity index (χ1) is 35.6. The molecule has 0 saturated carbocycles. The van der Waals surface area contributed by atoms with Gasteiger partial charge in [-0.2, -0.15) is 0 Å². The van der Waals surface area contributed by atoms with Crippen molar-refractivity contribution in [2.24, 2.45) is 5.92 Å². The lowest BCUT2D eigenvalue weighted by Crippen LogP contribution is -2.64. The van der Waals surface area contributed by atoms with E-state index >= 15 is 0 Å². The minimum Gasteiger partial charge on any atom is -0.508 e. The molecule has 22 nitrogen and oxygen atoms in total. The molecule has 0 radical (unpaired) electrons. The van der Waals surface area contributed by atoms with Crippen LogP contribution in [0.15, 0.2) is 72.8 Å². The van der Waals surface area contributed by atoms with Crippen LogP contribution in [0.4, 0.5) is 0 Å². The molecule has 404 valence electrons. The van der Waals surface area contributed by atoms with E-state index in [0.717, 1.165) is 59.6 Å². The first-order valence-corrected chi connectivity index (χ1v) is 24.9. The summed E-state index contributed by atoms with van der Waals surface area (Å²) in [6.07, 6.45) is -11.4. The molecule has 3 aliphatic rings. The Morgan fingerprint density at radius 1 is 0.707 bits per heavy atom. The van der Waals surface area contributed by atoms with Crippen LogP contribution in [-0.4, -0.2) is 184 Å². The van der Waals surface area contributed by atoms with Crippen molar-refractivity contribution in [3.8, 4) is 28.7 Å². The molecule has 14 unspecified atom stereocenters. The van der Waals surface area contributed by atoms with Gasteiger partial charge in [0.15, 0.2) is 6.23 Å². The molecule has 22 heteroatoms. The molecule has 7 amide bonds. The molecule has 14 atom stereocenters. The monoisotopic (exact) mass is 1040 g/mol. The fourth-order valence-electron chi connectivity index (χ4n) is 9.23. The molecule has 0 aliphatic carbocycles. The van der Waals surface area contributed by atoms with Crippen LogP contribution >= 0.6 is 0 Å². The summed E-state index contributed by atoms with van der Waals surface area (Å²) in [4.78, 5) is 101. The standard InChI is InChI=1S/C53H67N7O15/c1-5-6-7-8-9-30-10-14-32(15-11-30)33-16-18-34(19-17-33)46(68)54-37-24-40(66)49(71)58-51(73)44-45(67)27(2)25-60(44)53(75)42(29(4)62)56-50(72)43(39(65)22-31-12-20-35(63)21-13-31)57-48(70)38-23-36(64)26-59(38)52(74)41(28(3)61)55-47(37)69/h10-21,27-29,36-45,49,61-67,71H,5-7,22-26H2,1-4H3,(H,54,68)(H,55,69)(H,56,72)(H,57,70)(H,58,73). The van der Waals surface area contributed by atoms with E-state index in [9.17, 15) is 74.4 Å². The van der Waals surface area contributed by atoms with E-state index in [1.807, 2.05) is 24.3 Å². The second-order valence-electron chi connectivity index (χ2n) is 19.5. The zero-order chi connectivity index (χ0) is 54.8. The lowest BCUT2D eigenvalue weighted by atomic mass is 9.99. The van der Waals surface area contributed by atoms with Gasteiger partial charge < -0.3 is 77.2 Å². The molecular formula is C53H67N7O15. The van der Waals surface area contributed by atoms with Crippen molar-refractivity contribution >= 4 is 41.4 Å². The van der Waals surface area contributed by atoms with E-state index < -0.39 is 146 Å². The lowest BCUT2D eigenvalue weighted by molar-refractivity contribution is -0.148. The minimum absolute atomic E-state index is 0.0304. The molecule has 3 fully saturated rings. The van der Waals surface area contributed by atoms with Crippen molar-refractivity contribution in [2.45, 2.75) is 145 Å². The Hall–Kier alpha value is -6.97. The maximum absolute atomic E-state index is 14.4. The normalized spacial score (nSPS) is 28.4. The summed E-state index contributed by atoms with van der Waals surface area (Å²) in [5, 5.41) is 99.8. The number of rotatable bonds is 10. The van der Waals surface area contributed by atoms with E-state index in [-0.39, 0.29) is 24.3 Å². The van der Waals surface area contributed by atoms with Gasteiger partial charge in [-0.1, -0.05) is 68.5 Å². The summed E-state index contributed by atoms with van der Waals surface area (Å²) >= 11 is 0. The topological polar surface area (TPSA) is 348 Å². The Kier molecular flexibility index (Phi) is 19.5. The number of aromatic hydroxyl groups is 1. The number of aliphatic hydroxyl groups excluding tert-OH is 7. The summed E-state index contributed by atoms with van der Waals surface area (Å²) in [6, 6.07) is 8.13. The predicted octanol–water partition coefficient (Wildman–Crippen LogP) is -2.11. The van der Waals surface area contributed by atoms with Crippen molar-refractivity contribution in [3.63, 3.8) is 0 Å². The number of hydrogen-bond acceptors (Lipinski definition) is 15. The Morgan fingerprint density at radius 3 is 1.88 bits per heavy atom. The third-order valence-corrected chi connectivity index (χ3v) is 13.6. The van der Waals surface area contributed by atoms with Crippen LogP contribution in [0, 0.1) is 17.8 Å². The molecule has 3 aliphatic heterocycles. The van der Waals surface area contributed by atoms with Gasteiger partial charge in [-0.05, 0) is 73.4 Å². The van der Waals surface area contributed by atoms with Crippen LogP contribution in [0.5, 0.6) is 5.75 Å². The van der Waals surface area contributed by atoms with Crippen LogP contribution in [0.1, 0.15) is 81.3 Å². The fraction of sp³-hybridized carbons (Fsp3) is 0.491. The zero-order valence-corrected chi connectivity index (χ0v) is 42.0. The number of carbonyl (C=O) groups is 7. The third-order valence-electron chi connectivity index (χ3n) is 13.6. The minimum atomic E-state index is -2.26. The molecular weight excluding hydrogens is 975 g/mol. The van der Waals surface area contributed by atoms with Crippen molar-refractivity contribution in [1.82, 2.24) is 36.4 Å². The van der Waals surface area contributed by atoms with Crippen molar-refractivity contribution in [3.05, 3.63) is 89.5 Å². The highest BCUT2D eigenvalue weighted by Gasteiger charge is 2.50. The molecule has 3 saturated heterocycles. The van der Waals surface area contributed by atoms with Crippen molar-refractivity contribution in [1.29, 1.82) is 0 Å². The van der Waals surface area contributed by atoms with Gasteiger partial charge in [-0.25, -0.2) is 0 Å². The summed E-state index contributed by atoms with van der Waals surface area (Å²) in [7, 11) is 0. The number of benzene rings is 3. The molecule has 0 bridgehead atoms. The number of phenols is 1. The van der Waals surface area contributed by atoms with E-state index in [2.05, 4.69) is 45.3 Å². The molecule has 3 aromatic carbocycles. The molecule has 13 N–H and O–H groups in total. The fourth-order valence-corrected chi connectivity index (χ4v) is 9.23. The van der Waals surface area contributed by atoms with Gasteiger partial charge in [0.2, 0.25) is 35.4 Å². The van der Waals surface area contributed by atoms with E-state index in [0.29, 0.717) is 5.56 Å². The Morgan fingerprint density at radius 2 is 1.28 bits per heavy atom. The van der Waals surface area contributed by atoms with Crippen molar-refractivity contribution < 1.29 is 74.4 Å². The molecule has 3 aromatic rings.